The highest BCUT2D eigenvalue weighted by Crippen LogP contribution is 2.23. The first-order valence-corrected chi connectivity index (χ1v) is 13.8. The van der Waals surface area contributed by atoms with Crippen LogP contribution in [0.1, 0.15) is 37.0 Å². The molecule has 0 fully saturated rings. The Morgan fingerprint density at radius 3 is 2.47 bits per heavy atom. The summed E-state index contributed by atoms with van der Waals surface area (Å²) >= 11 is 0. The van der Waals surface area contributed by atoms with Gasteiger partial charge in [-0.3, -0.25) is 9.59 Å². The van der Waals surface area contributed by atoms with Gasteiger partial charge in [-0.1, -0.05) is 42.5 Å². The highest BCUT2D eigenvalue weighted by molar-refractivity contribution is 7.89. The summed E-state index contributed by atoms with van der Waals surface area (Å²) in [6.45, 7) is 10.1. The van der Waals surface area contributed by atoms with Gasteiger partial charge in [-0.05, 0) is 61.3 Å². The number of benzene rings is 2. The number of hydrogen-bond acceptors (Lipinski definition) is 5. The number of nitrogens with one attached hydrogen (secondary N) is 1. The number of nitrogens with zero attached hydrogens (tertiary/aromatic N) is 2. The lowest BCUT2D eigenvalue weighted by Gasteiger charge is -2.29. The van der Waals surface area contributed by atoms with Gasteiger partial charge in [0.2, 0.25) is 10.0 Å². The van der Waals surface area contributed by atoms with Crippen LogP contribution in [0.4, 0.5) is 5.69 Å². The minimum atomic E-state index is -3.49. The van der Waals surface area contributed by atoms with E-state index in [9.17, 15) is 13.2 Å². The molecule has 0 aliphatic carbocycles. The molecular weight excluding hydrogens is 521 g/mol. The van der Waals surface area contributed by atoms with Crippen molar-refractivity contribution in [1.82, 2.24) is 4.31 Å². The van der Waals surface area contributed by atoms with Gasteiger partial charge in [-0.25, -0.2) is 8.42 Å². The molecule has 2 aromatic rings. The zero-order chi connectivity index (χ0) is 28.7. The zero-order valence-corrected chi connectivity index (χ0v) is 23.6. The van der Waals surface area contributed by atoms with Crippen molar-refractivity contribution in [2.75, 3.05) is 11.9 Å². The minimum absolute atomic E-state index is 0.250. The van der Waals surface area contributed by atoms with Crippen LogP contribution in [0.3, 0.4) is 0 Å². The number of anilines is 1. The summed E-state index contributed by atoms with van der Waals surface area (Å²) in [6, 6.07) is 15.0. The summed E-state index contributed by atoms with van der Waals surface area (Å²) < 4.78 is 27.7. The van der Waals surface area contributed by atoms with E-state index < -0.39 is 15.3 Å². The maximum atomic E-state index is 13.1. The lowest BCUT2D eigenvalue weighted by atomic mass is 10.0. The van der Waals surface area contributed by atoms with E-state index in [1.165, 1.54) is 5.56 Å². The number of hydrogen-bond donors (Lipinski definition) is 2. The number of carbonyl (C=O) groups is 2. The van der Waals surface area contributed by atoms with Crippen molar-refractivity contribution in [2.45, 2.75) is 38.5 Å². The number of amides is 1. The van der Waals surface area contributed by atoms with E-state index in [2.05, 4.69) is 33.8 Å². The maximum Gasteiger partial charge on any atom is 0.290 e. The van der Waals surface area contributed by atoms with Gasteiger partial charge in [0.05, 0.1) is 16.9 Å². The first-order valence-electron chi connectivity index (χ1n) is 11.7. The standard InChI is InChI=1S/C25H28N3O3PS.C2H4.CH2O2/c1-3-20(25(29)27-23-12-11-19(16-26)15-24(23)32)10-6-7-18(2)33(30,31)28-14-13-21-8-4-5-9-22(21)17-28;1-2;2-1-3/h3-9,11-12,15,18H,10,13-14,17,32H2,1-2H3,(H,27,29);1-2H2;1H,(H,2,3)/b7-6-,20-3+;;. The number of nitriles is 1. The second kappa shape index (κ2) is 16.3. The van der Waals surface area contributed by atoms with Crippen molar-refractivity contribution in [3.05, 3.63) is 96.1 Å². The zero-order valence-electron chi connectivity index (χ0n) is 21.6. The Labute approximate surface area is 227 Å². The van der Waals surface area contributed by atoms with Crippen molar-refractivity contribution >= 4 is 42.6 Å². The van der Waals surface area contributed by atoms with Crippen LogP contribution in [0, 0.1) is 11.3 Å². The summed E-state index contributed by atoms with van der Waals surface area (Å²) in [5.41, 5.74) is 3.89. The number of fused-ring (bicyclic) bond motifs is 1. The summed E-state index contributed by atoms with van der Waals surface area (Å²) in [5, 5.41) is 18.7. The molecule has 1 heterocycles. The molecule has 2 aromatic carbocycles. The first-order chi connectivity index (χ1) is 18.2. The second-order valence-electron chi connectivity index (χ2n) is 8.02. The van der Waals surface area contributed by atoms with Gasteiger partial charge in [0.25, 0.3) is 12.4 Å². The maximum absolute atomic E-state index is 13.1. The molecule has 38 heavy (non-hydrogen) atoms. The third-order valence-electron chi connectivity index (χ3n) is 5.74. The third kappa shape index (κ3) is 9.07. The SMILES string of the molecule is C/C=C(\C/C=C\C(C)S(=O)(=O)N1CCc2ccccc2C1)C(=O)Nc1ccc(C#N)cc1P.C=C.O=CO. The van der Waals surface area contributed by atoms with Crippen LogP contribution >= 0.6 is 9.24 Å². The predicted octanol–water partition coefficient (Wildman–Crippen LogP) is 4.17. The smallest absolute Gasteiger partial charge is 0.290 e. The lowest BCUT2D eigenvalue weighted by molar-refractivity contribution is -0.122. The summed E-state index contributed by atoms with van der Waals surface area (Å²) in [5.74, 6) is -0.265. The molecule has 0 radical (unpaired) electrons. The Hall–Kier alpha value is -3.57. The number of carbonyl (C=O) groups excluding carboxylic acids is 1. The van der Waals surface area contributed by atoms with Crippen LogP contribution in [-0.2, 0) is 32.6 Å². The molecule has 1 amide bonds. The molecule has 0 aromatic heterocycles. The van der Waals surface area contributed by atoms with Gasteiger partial charge in [0, 0.05) is 24.4 Å². The molecule has 3 rings (SSSR count). The Morgan fingerprint density at radius 1 is 1.26 bits per heavy atom. The fourth-order valence-electron chi connectivity index (χ4n) is 3.70. The van der Waals surface area contributed by atoms with Crippen LogP contribution < -0.4 is 10.6 Å². The highest BCUT2D eigenvalue weighted by atomic mass is 32.2. The fourth-order valence-corrected chi connectivity index (χ4v) is 5.49. The summed E-state index contributed by atoms with van der Waals surface area (Å²) in [7, 11) is -0.983. The van der Waals surface area contributed by atoms with Crippen LogP contribution in [0.25, 0.3) is 0 Å². The van der Waals surface area contributed by atoms with Crippen LogP contribution in [0.15, 0.2) is 79.4 Å². The van der Waals surface area contributed by atoms with Gasteiger partial charge >= 0.3 is 0 Å². The highest BCUT2D eigenvalue weighted by Gasteiger charge is 2.30. The summed E-state index contributed by atoms with van der Waals surface area (Å²) in [6.07, 6.45) is 6.12. The number of allylic oxidation sites excluding steroid dienone is 2. The Morgan fingerprint density at radius 2 is 1.89 bits per heavy atom. The molecule has 0 bridgehead atoms. The average Bonchev–Trinajstić information content (AvgIpc) is 2.93. The van der Waals surface area contributed by atoms with Crippen molar-refractivity contribution in [1.29, 1.82) is 5.26 Å². The predicted molar refractivity (Wildman–Crippen MR) is 156 cm³/mol. The quantitative estimate of drug-likeness (QED) is 0.229. The van der Waals surface area contributed by atoms with Gasteiger partial charge in [-0.15, -0.1) is 22.4 Å². The van der Waals surface area contributed by atoms with Crippen molar-refractivity contribution in [3.8, 4) is 6.07 Å². The molecule has 2 N–H and O–H groups in total. The third-order valence-corrected chi connectivity index (χ3v) is 8.35. The molecule has 0 saturated heterocycles. The van der Waals surface area contributed by atoms with E-state index in [4.69, 9.17) is 15.2 Å². The molecule has 10 heteroatoms. The van der Waals surface area contributed by atoms with Crippen LogP contribution in [0.5, 0.6) is 0 Å². The largest absolute Gasteiger partial charge is 0.483 e. The molecule has 1 aliphatic heterocycles. The van der Waals surface area contributed by atoms with Gasteiger partial charge in [0.1, 0.15) is 0 Å². The van der Waals surface area contributed by atoms with E-state index in [0.717, 1.165) is 10.9 Å². The Bertz CT molecular complexity index is 1320. The van der Waals surface area contributed by atoms with Gasteiger partial charge < -0.3 is 10.4 Å². The molecule has 2 unspecified atom stereocenters. The second-order valence-corrected chi connectivity index (χ2v) is 10.9. The number of sulfonamides is 1. The minimum Gasteiger partial charge on any atom is -0.483 e. The van der Waals surface area contributed by atoms with E-state index in [0.29, 0.717) is 42.8 Å². The molecule has 8 nitrogen and oxygen atoms in total. The monoisotopic (exact) mass is 555 g/mol. The normalized spacial score (nSPS) is 14.0. The van der Waals surface area contributed by atoms with Crippen molar-refractivity contribution in [2.24, 2.45) is 0 Å². The van der Waals surface area contributed by atoms with Crippen LogP contribution in [-0.4, -0.2) is 42.0 Å². The first kappa shape index (κ1) is 32.5. The topological polar surface area (TPSA) is 128 Å². The van der Waals surface area contributed by atoms with Crippen LogP contribution in [0.2, 0.25) is 0 Å². The molecule has 2 atom stereocenters. The van der Waals surface area contributed by atoms with Gasteiger partial charge in [-0.2, -0.15) is 9.57 Å². The molecule has 202 valence electrons. The average molecular weight is 556 g/mol. The molecular formula is C28H34N3O5PS. The number of carboxylic acid groups (broad SMARTS) is 1. The summed E-state index contributed by atoms with van der Waals surface area (Å²) in [4.78, 5) is 21.0. The number of rotatable bonds is 7. The van der Waals surface area contributed by atoms with E-state index in [-0.39, 0.29) is 12.4 Å². The molecule has 1 aliphatic rings. The van der Waals surface area contributed by atoms with E-state index in [1.54, 1.807) is 54.6 Å². The lowest BCUT2D eigenvalue weighted by Crippen LogP contribution is -2.40. The van der Waals surface area contributed by atoms with E-state index in [1.807, 2.05) is 24.3 Å². The fraction of sp³-hybridized carbons (Fsp3) is 0.250. The van der Waals surface area contributed by atoms with Crippen molar-refractivity contribution in [3.63, 3.8) is 0 Å². The van der Waals surface area contributed by atoms with Gasteiger partial charge in [0.15, 0.2) is 0 Å². The Kier molecular flexibility index (Phi) is 13.9. The van der Waals surface area contributed by atoms with Crippen molar-refractivity contribution < 1.29 is 23.1 Å². The molecule has 0 spiro atoms. The van der Waals surface area contributed by atoms with E-state index >= 15 is 0 Å². The molecule has 0 saturated carbocycles. The Balaban J connectivity index is 0.00000135.